The van der Waals surface area contributed by atoms with Crippen molar-refractivity contribution in [1.29, 1.82) is 0 Å². The summed E-state index contributed by atoms with van der Waals surface area (Å²) < 4.78 is 18.0. The van der Waals surface area contributed by atoms with E-state index in [0.717, 1.165) is 133 Å². The van der Waals surface area contributed by atoms with Crippen molar-refractivity contribution in [3.8, 4) is 57.1 Å². The summed E-state index contributed by atoms with van der Waals surface area (Å²) in [7, 11) is 0. The van der Waals surface area contributed by atoms with Crippen LogP contribution in [0.4, 0.5) is 0 Å². The van der Waals surface area contributed by atoms with Gasteiger partial charge in [0.1, 0.15) is 34.6 Å². The molecule has 5 heterocycles. The van der Waals surface area contributed by atoms with Crippen molar-refractivity contribution in [2.75, 3.05) is 0 Å². The Kier molecular flexibility index (Phi) is 9.55. The highest BCUT2D eigenvalue weighted by atomic mass is 16.5. The number of nitrogens with zero attached hydrogens (tertiary/aromatic N) is 6. The first-order chi connectivity index (χ1) is 34.3. The molecule has 0 spiro atoms. The van der Waals surface area contributed by atoms with Crippen LogP contribution in [-0.4, -0.2) is 29.1 Å². The zero-order valence-corrected chi connectivity index (χ0v) is 39.0. The van der Waals surface area contributed by atoms with Crippen LogP contribution >= 0.6 is 0 Å². The first-order valence-corrected chi connectivity index (χ1v) is 23.5. The number of aryl methyl sites for hydroxylation is 4. The summed E-state index contributed by atoms with van der Waals surface area (Å²) in [6, 6.07) is 59.1. The molecule has 13 rings (SSSR count). The van der Waals surface area contributed by atoms with Crippen LogP contribution in [0.2, 0.25) is 0 Å². The lowest BCUT2D eigenvalue weighted by Crippen LogP contribution is -1.97. The van der Waals surface area contributed by atoms with Crippen LogP contribution in [0.1, 0.15) is 22.3 Å². The van der Waals surface area contributed by atoms with Gasteiger partial charge in [0.2, 0.25) is 0 Å². The van der Waals surface area contributed by atoms with Crippen LogP contribution in [0.25, 0.3) is 99.3 Å². The van der Waals surface area contributed by atoms with Gasteiger partial charge >= 0.3 is 0 Å². The van der Waals surface area contributed by atoms with Crippen LogP contribution in [0.5, 0.6) is 23.0 Å². The van der Waals surface area contributed by atoms with Gasteiger partial charge in [0, 0.05) is 57.2 Å². The molecule has 0 amide bonds. The van der Waals surface area contributed by atoms with E-state index in [9.17, 15) is 0 Å². The number of benzene rings is 8. The summed E-state index contributed by atoms with van der Waals surface area (Å²) in [5.41, 5.74) is 12.2. The third kappa shape index (κ3) is 7.08. The number of ether oxygens (including phenoxy) is 2. The van der Waals surface area contributed by atoms with E-state index >= 15 is 0 Å². The average Bonchev–Trinajstić information content (AvgIpc) is 3.88. The summed E-state index contributed by atoms with van der Waals surface area (Å²) in [6.45, 7) is 8.40. The van der Waals surface area contributed by atoms with Gasteiger partial charge < -0.3 is 9.47 Å². The van der Waals surface area contributed by atoms with Gasteiger partial charge in [0.15, 0.2) is 0 Å². The fourth-order valence-corrected chi connectivity index (χ4v) is 10.1. The van der Waals surface area contributed by atoms with E-state index in [1.165, 1.54) is 0 Å². The molecule has 0 aliphatic carbocycles. The zero-order valence-electron chi connectivity index (χ0n) is 39.0. The monoisotopic (exact) mass is 904 g/mol. The van der Waals surface area contributed by atoms with Crippen LogP contribution in [0, 0.1) is 27.7 Å². The Morgan fingerprint density at radius 3 is 1.19 bits per heavy atom. The smallest absolute Gasteiger partial charge is 0.137 e. The first kappa shape index (κ1) is 41.1. The molecule has 8 heteroatoms. The number of aromatic nitrogens is 6. The fourth-order valence-electron chi connectivity index (χ4n) is 10.1. The van der Waals surface area contributed by atoms with E-state index in [2.05, 4.69) is 182 Å². The summed E-state index contributed by atoms with van der Waals surface area (Å²) in [6.07, 6.45) is 7.46. The highest BCUT2D eigenvalue weighted by molar-refractivity contribution is 6.10. The van der Waals surface area contributed by atoms with Gasteiger partial charge in [-0.25, -0.2) is 9.97 Å². The van der Waals surface area contributed by atoms with Crippen molar-refractivity contribution in [3.05, 3.63) is 217 Å². The fraction of sp³-hybridized carbons (Fsp3) is 0.0645. The van der Waals surface area contributed by atoms with Crippen molar-refractivity contribution in [2.45, 2.75) is 27.7 Å². The maximum Gasteiger partial charge on any atom is 0.137 e. The standard InChI is InChI=1S/C62H44N6O2/c1-37-13-17-47-41(25-37)29-45(69-43-15-19-51-49-9-5-7-11-57(49)67(59(51)33-43)61-27-39(3)21-23-63-61)31-53(47)55-35-66-56(36-65-55)54-32-46(30-42-26-38(2)14-18-48(42)54)70-44-16-20-52-50-10-6-8-12-58(50)68(60(52)34-44)62-28-40(4)22-24-64-62/h5-36H,1-4H3. The molecule has 8 aromatic carbocycles. The molecule has 0 saturated heterocycles. The third-order valence-electron chi connectivity index (χ3n) is 13.4. The number of hydrogen-bond acceptors (Lipinski definition) is 6. The molecule has 8 nitrogen and oxygen atoms in total. The minimum Gasteiger partial charge on any atom is -0.457 e. The highest BCUT2D eigenvalue weighted by Crippen LogP contribution is 2.41. The van der Waals surface area contributed by atoms with Gasteiger partial charge in [-0.3, -0.25) is 19.1 Å². The normalized spacial score (nSPS) is 11.7. The average molecular weight is 905 g/mol. The third-order valence-corrected chi connectivity index (χ3v) is 13.4. The Hall–Kier alpha value is -9.14. The molecular weight excluding hydrogens is 861 g/mol. The van der Waals surface area contributed by atoms with Gasteiger partial charge in [-0.05, 0) is 145 Å². The number of para-hydroxylation sites is 2. The lowest BCUT2D eigenvalue weighted by molar-refractivity contribution is 0.484. The van der Waals surface area contributed by atoms with E-state index in [1.807, 2.05) is 49.1 Å². The molecule has 0 aliphatic heterocycles. The highest BCUT2D eigenvalue weighted by Gasteiger charge is 2.19. The van der Waals surface area contributed by atoms with Gasteiger partial charge in [-0.15, -0.1) is 0 Å². The van der Waals surface area contributed by atoms with Crippen LogP contribution in [0.15, 0.2) is 195 Å². The summed E-state index contributed by atoms with van der Waals surface area (Å²) in [5.74, 6) is 4.58. The molecule has 0 saturated carbocycles. The zero-order chi connectivity index (χ0) is 47.0. The molecule has 0 fully saturated rings. The Labute approximate surface area is 403 Å². The number of rotatable bonds is 8. The van der Waals surface area contributed by atoms with E-state index < -0.39 is 0 Å². The van der Waals surface area contributed by atoms with Crippen LogP contribution < -0.4 is 9.47 Å². The molecule has 0 atom stereocenters. The molecular formula is C62H44N6O2. The quantitative estimate of drug-likeness (QED) is 0.151. The molecule has 334 valence electrons. The van der Waals surface area contributed by atoms with Gasteiger partial charge in [0.25, 0.3) is 0 Å². The van der Waals surface area contributed by atoms with Crippen LogP contribution in [-0.2, 0) is 0 Å². The van der Waals surface area contributed by atoms with Gasteiger partial charge in [-0.1, -0.05) is 83.9 Å². The van der Waals surface area contributed by atoms with Crippen molar-refractivity contribution >= 4 is 65.2 Å². The number of fused-ring (bicyclic) bond motifs is 8. The Bertz CT molecular complexity index is 3970. The maximum absolute atomic E-state index is 6.79. The second-order valence-electron chi connectivity index (χ2n) is 18.3. The van der Waals surface area contributed by atoms with Crippen molar-refractivity contribution in [1.82, 2.24) is 29.1 Å². The van der Waals surface area contributed by atoms with Gasteiger partial charge in [-0.2, -0.15) is 0 Å². The largest absolute Gasteiger partial charge is 0.457 e. The van der Waals surface area contributed by atoms with E-state index in [-0.39, 0.29) is 0 Å². The van der Waals surface area contributed by atoms with Crippen molar-refractivity contribution in [2.24, 2.45) is 0 Å². The summed E-state index contributed by atoms with van der Waals surface area (Å²) in [4.78, 5) is 19.8. The van der Waals surface area contributed by atoms with Crippen molar-refractivity contribution < 1.29 is 9.47 Å². The Morgan fingerprint density at radius 2 is 0.743 bits per heavy atom. The van der Waals surface area contributed by atoms with E-state index in [4.69, 9.17) is 29.4 Å². The second kappa shape index (κ2) is 16.3. The molecule has 0 unspecified atom stereocenters. The molecule has 0 bridgehead atoms. The Morgan fingerprint density at radius 1 is 0.329 bits per heavy atom. The molecule has 0 radical (unpaired) electrons. The molecule has 5 aromatic heterocycles. The van der Waals surface area contributed by atoms with Gasteiger partial charge in [0.05, 0.1) is 45.8 Å². The predicted octanol–water partition coefficient (Wildman–Crippen LogP) is 15.9. The van der Waals surface area contributed by atoms with E-state index in [1.54, 1.807) is 0 Å². The summed E-state index contributed by atoms with van der Waals surface area (Å²) >= 11 is 0. The number of pyridine rings is 2. The lowest BCUT2D eigenvalue weighted by Gasteiger charge is -2.14. The predicted molar refractivity (Wildman–Crippen MR) is 284 cm³/mol. The van der Waals surface area contributed by atoms with Crippen molar-refractivity contribution in [3.63, 3.8) is 0 Å². The lowest BCUT2D eigenvalue weighted by atomic mass is 9.99. The SMILES string of the molecule is Cc1ccnc(-n2c3ccccc3c3ccc(Oc4cc(-c5cnc(-c6cc(Oc7ccc8c9ccccc9n(-c9cc(C)ccn9)c8c7)cc7cc(C)ccc67)cn5)c5ccc(C)cc5c4)cc32)c1. The minimum absolute atomic E-state index is 0.703. The molecule has 0 N–H and O–H groups in total. The Balaban J connectivity index is 0.871. The van der Waals surface area contributed by atoms with Crippen LogP contribution in [0.3, 0.4) is 0 Å². The molecule has 70 heavy (non-hydrogen) atoms. The molecule has 13 aromatic rings. The maximum atomic E-state index is 6.79. The second-order valence-corrected chi connectivity index (χ2v) is 18.3. The topological polar surface area (TPSA) is 79.9 Å². The van der Waals surface area contributed by atoms with E-state index in [0.29, 0.717) is 11.5 Å². The molecule has 0 aliphatic rings. The first-order valence-electron chi connectivity index (χ1n) is 23.5. The minimum atomic E-state index is 0.703. The summed E-state index contributed by atoms with van der Waals surface area (Å²) in [5, 5.41) is 8.82. The number of hydrogen-bond donors (Lipinski definition) is 0.